The van der Waals surface area contributed by atoms with Crippen LogP contribution in [0.5, 0.6) is 0 Å². The van der Waals surface area contributed by atoms with Gasteiger partial charge in [-0.2, -0.15) is 0 Å². The van der Waals surface area contributed by atoms with E-state index in [2.05, 4.69) is 29.4 Å². The van der Waals surface area contributed by atoms with Gasteiger partial charge in [0.15, 0.2) is 0 Å². The molecule has 0 unspecified atom stereocenters. The minimum atomic E-state index is 0.151. The van der Waals surface area contributed by atoms with Gasteiger partial charge in [-0.05, 0) is 55.7 Å². The summed E-state index contributed by atoms with van der Waals surface area (Å²) in [7, 11) is 0. The normalized spacial score (nSPS) is 29.5. The highest BCUT2D eigenvalue weighted by molar-refractivity contribution is 5.79. The molecular weight excluding hydrogens is 312 g/mol. The molecule has 1 saturated carbocycles. The molecule has 0 bridgehead atoms. The number of hydrogen-bond donors (Lipinski definition) is 1. The van der Waals surface area contributed by atoms with E-state index in [1.165, 1.54) is 37.7 Å². The fraction of sp³-hybridized carbons (Fsp3) is 0.714. The van der Waals surface area contributed by atoms with Crippen LogP contribution in [0.15, 0.2) is 24.5 Å². The van der Waals surface area contributed by atoms with Crippen molar-refractivity contribution >= 4 is 5.91 Å². The van der Waals surface area contributed by atoms with Crippen molar-refractivity contribution in [2.75, 3.05) is 13.2 Å². The van der Waals surface area contributed by atoms with Crippen molar-refractivity contribution in [3.05, 3.63) is 30.1 Å². The van der Waals surface area contributed by atoms with Crippen LogP contribution in [0.25, 0.3) is 0 Å². The van der Waals surface area contributed by atoms with E-state index in [9.17, 15) is 4.79 Å². The number of ether oxygens (including phenoxy) is 1. The Labute approximate surface area is 151 Å². The first-order valence-electron chi connectivity index (χ1n) is 10.0. The van der Waals surface area contributed by atoms with E-state index in [-0.39, 0.29) is 17.9 Å². The summed E-state index contributed by atoms with van der Waals surface area (Å²) in [5, 5.41) is 3.30. The highest BCUT2D eigenvalue weighted by atomic mass is 16.5. The molecule has 1 aromatic heterocycles. The van der Waals surface area contributed by atoms with Gasteiger partial charge in [-0.15, -0.1) is 0 Å². The van der Waals surface area contributed by atoms with Crippen LogP contribution in [-0.2, 0) is 16.0 Å². The molecule has 4 nitrogen and oxygen atoms in total. The lowest BCUT2D eigenvalue weighted by Crippen LogP contribution is -2.44. The van der Waals surface area contributed by atoms with Crippen LogP contribution in [0.4, 0.5) is 0 Å². The van der Waals surface area contributed by atoms with Gasteiger partial charge in [0, 0.05) is 24.2 Å². The third-order valence-electron chi connectivity index (χ3n) is 5.96. The number of rotatable bonds is 7. The van der Waals surface area contributed by atoms with Crippen molar-refractivity contribution in [1.29, 1.82) is 0 Å². The largest absolute Gasteiger partial charge is 0.379 e. The molecule has 0 spiro atoms. The van der Waals surface area contributed by atoms with Gasteiger partial charge in [-0.1, -0.05) is 26.2 Å². The van der Waals surface area contributed by atoms with Crippen LogP contribution >= 0.6 is 0 Å². The second-order valence-corrected chi connectivity index (χ2v) is 7.83. The molecule has 0 radical (unpaired) electrons. The summed E-state index contributed by atoms with van der Waals surface area (Å²) in [6.45, 7) is 3.63. The summed E-state index contributed by atoms with van der Waals surface area (Å²) in [4.78, 5) is 16.8. The molecule has 1 amide bonds. The third-order valence-corrected chi connectivity index (χ3v) is 5.96. The van der Waals surface area contributed by atoms with E-state index in [0.717, 1.165) is 31.8 Å². The van der Waals surface area contributed by atoms with Crippen LogP contribution in [-0.4, -0.2) is 30.1 Å². The average Bonchev–Trinajstić information content (AvgIpc) is 3.08. The molecule has 3 rings (SSSR count). The van der Waals surface area contributed by atoms with Gasteiger partial charge in [0.2, 0.25) is 5.91 Å². The molecule has 1 aliphatic heterocycles. The third kappa shape index (κ3) is 5.27. The van der Waals surface area contributed by atoms with Crippen LogP contribution in [0, 0.1) is 17.8 Å². The molecule has 1 aliphatic carbocycles. The second-order valence-electron chi connectivity index (χ2n) is 7.83. The first-order valence-corrected chi connectivity index (χ1v) is 10.0. The standard InChI is InChI=1S/C21H32N2O2/c1-2-3-4-16-5-7-18(8-6-16)21(24)23-20-15-25-14-19(20)13-17-9-11-22-12-10-17/h9-12,16,18-20H,2-8,13-15H2,1H3,(H,23,24)/t16?,18?,19-,20+/m1/s1. The summed E-state index contributed by atoms with van der Waals surface area (Å²) in [5.74, 6) is 1.68. The number of carbonyl (C=O) groups is 1. The van der Waals surface area contributed by atoms with Gasteiger partial charge < -0.3 is 10.1 Å². The van der Waals surface area contributed by atoms with E-state index in [0.29, 0.717) is 12.5 Å². The average molecular weight is 344 g/mol. The van der Waals surface area contributed by atoms with Crippen LogP contribution in [0.1, 0.15) is 57.4 Å². The number of nitrogens with zero attached hydrogens (tertiary/aromatic N) is 1. The zero-order valence-corrected chi connectivity index (χ0v) is 15.5. The Morgan fingerprint density at radius 3 is 2.68 bits per heavy atom. The lowest BCUT2D eigenvalue weighted by molar-refractivity contribution is -0.127. The molecule has 1 saturated heterocycles. The Bertz CT molecular complexity index is 526. The Kier molecular flexibility index (Phi) is 6.85. The predicted octanol–water partition coefficient (Wildman–Crippen LogP) is 3.75. The van der Waals surface area contributed by atoms with E-state index >= 15 is 0 Å². The van der Waals surface area contributed by atoms with Crippen molar-refractivity contribution in [2.24, 2.45) is 17.8 Å². The van der Waals surface area contributed by atoms with Gasteiger partial charge in [-0.3, -0.25) is 9.78 Å². The molecule has 25 heavy (non-hydrogen) atoms. The minimum absolute atomic E-state index is 0.151. The molecule has 4 heteroatoms. The number of hydrogen-bond acceptors (Lipinski definition) is 3. The zero-order chi connectivity index (χ0) is 17.5. The second kappa shape index (κ2) is 9.33. The predicted molar refractivity (Wildman–Crippen MR) is 99.2 cm³/mol. The molecule has 0 aromatic carbocycles. The van der Waals surface area contributed by atoms with Gasteiger partial charge >= 0.3 is 0 Å². The number of amides is 1. The van der Waals surface area contributed by atoms with Crippen molar-refractivity contribution in [3.63, 3.8) is 0 Å². The molecule has 1 N–H and O–H groups in total. The van der Waals surface area contributed by atoms with E-state index in [1.807, 2.05) is 12.4 Å². The Balaban J connectivity index is 1.46. The summed E-state index contributed by atoms with van der Waals surface area (Å²) in [6, 6.07) is 4.25. The molecule has 138 valence electrons. The highest BCUT2D eigenvalue weighted by Gasteiger charge is 2.33. The van der Waals surface area contributed by atoms with E-state index in [4.69, 9.17) is 4.74 Å². The Morgan fingerprint density at radius 1 is 1.20 bits per heavy atom. The summed E-state index contributed by atoms with van der Waals surface area (Å²) < 4.78 is 5.66. The van der Waals surface area contributed by atoms with Crippen LogP contribution in [0.2, 0.25) is 0 Å². The zero-order valence-electron chi connectivity index (χ0n) is 15.5. The Hall–Kier alpha value is -1.42. The molecule has 2 atom stereocenters. The topological polar surface area (TPSA) is 51.2 Å². The van der Waals surface area contributed by atoms with Gasteiger partial charge in [0.25, 0.3) is 0 Å². The van der Waals surface area contributed by atoms with Gasteiger partial charge in [0.1, 0.15) is 0 Å². The van der Waals surface area contributed by atoms with Gasteiger partial charge in [0.05, 0.1) is 19.3 Å². The first kappa shape index (κ1) is 18.4. The molecule has 2 aliphatic rings. The summed E-state index contributed by atoms with van der Waals surface area (Å²) >= 11 is 0. The van der Waals surface area contributed by atoms with Crippen molar-refractivity contribution < 1.29 is 9.53 Å². The maximum absolute atomic E-state index is 12.7. The van der Waals surface area contributed by atoms with Crippen LogP contribution in [0.3, 0.4) is 0 Å². The fourth-order valence-electron chi connectivity index (χ4n) is 4.29. The number of aromatic nitrogens is 1. The van der Waals surface area contributed by atoms with E-state index in [1.54, 1.807) is 0 Å². The van der Waals surface area contributed by atoms with Crippen molar-refractivity contribution in [3.8, 4) is 0 Å². The molecular formula is C21H32N2O2. The quantitative estimate of drug-likeness (QED) is 0.819. The number of unbranched alkanes of at least 4 members (excludes halogenated alkanes) is 1. The number of nitrogens with one attached hydrogen (secondary N) is 1. The fourth-order valence-corrected chi connectivity index (χ4v) is 4.29. The smallest absolute Gasteiger partial charge is 0.223 e. The molecule has 2 heterocycles. The molecule has 2 fully saturated rings. The maximum atomic E-state index is 12.7. The van der Waals surface area contributed by atoms with Gasteiger partial charge in [-0.25, -0.2) is 0 Å². The first-order chi connectivity index (χ1) is 12.3. The Morgan fingerprint density at radius 2 is 1.96 bits per heavy atom. The van der Waals surface area contributed by atoms with Crippen molar-refractivity contribution in [1.82, 2.24) is 10.3 Å². The summed E-state index contributed by atoms with van der Waals surface area (Å²) in [5.41, 5.74) is 1.26. The lowest BCUT2D eigenvalue weighted by Gasteiger charge is -2.29. The monoisotopic (exact) mass is 344 g/mol. The lowest BCUT2D eigenvalue weighted by atomic mass is 9.79. The minimum Gasteiger partial charge on any atom is -0.379 e. The molecule has 1 aromatic rings. The summed E-state index contributed by atoms with van der Waals surface area (Å²) in [6.07, 6.45) is 13.1. The number of carbonyl (C=O) groups excluding carboxylic acids is 1. The van der Waals surface area contributed by atoms with E-state index < -0.39 is 0 Å². The highest BCUT2D eigenvalue weighted by Crippen LogP contribution is 2.32. The van der Waals surface area contributed by atoms with Crippen LogP contribution < -0.4 is 5.32 Å². The number of pyridine rings is 1. The maximum Gasteiger partial charge on any atom is 0.223 e. The van der Waals surface area contributed by atoms with Crippen molar-refractivity contribution in [2.45, 2.75) is 64.3 Å². The SMILES string of the molecule is CCCCC1CCC(C(=O)N[C@H]2COC[C@H]2Cc2ccncc2)CC1.